The smallest absolute Gasteiger partial charge is 0.295 e. The van der Waals surface area contributed by atoms with Crippen LogP contribution in [-0.2, 0) is 19.4 Å². The molecule has 0 radical (unpaired) electrons. The molecular formula is C19H28O5S. The Bertz CT molecular complexity index is 726. The number of hydrogen-bond donors (Lipinski definition) is 1. The third-order valence-electron chi connectivity index (χ3n) is 7.98. The van der Waals surface area contributed by atoms with Crippen LogP contribution in [0.5, 0.6) is 0 Å². The summed E-state index contributed by atoms with van der Waals surface area (Å²) in [4.78, 5) is 11.9. The highest BCUT2D eigenvalue weighted by atomic mass is 32.3. The molecule has 0 amide bonds. The van der Waals surface area contributed by atoms with Crippen molar-refractivity contribution in [3.8, 4) is 0 Å². The number of ketones is 1. The van der Waals surface area contributed by atoms with E-state index >= 15 is 0 Å². The van der Waals surface area contributed by atoms with E-state index in [2.05, 4.69) is 13.8 Å². The van der Waals surface area contributed by atoms with E-state index in [0.29, 0.717) is 24.7 Å². The Labute approximate surface area is 150 Å². The number of rotatable bonds is 2. The highest BCUT2D eigenvalue weighted by Gasteiger charge is 2.59. The van der Waals surface area contributed by atoms with Crippen LogP contribution in [0.2, 0.25) is 0 Å². The largest absolute Gasteiger partial charge is 0.397 e. The van der Waals surface area contributed by atoms with Crippen molar-refractivity contribution in [1.29, 1.82) is 0 Å². The standard InChI is InChI=1S/C19H28O5S/c1-18-8-6-15-14(17(18)16(7-9-18)24-25(21,22)23)4-3-12-11-13(20)5-10-19(12,15)2/h11,14-17H,3-10H2,1-2H3,(H,21,22,23)/t14-,15+,16?,17-,18-,19+/m1/s1. The third kappa shape index (κ3) is 2.81. The first-order chi connectivity index (χ1) is 11.6. The van der Waals surface area contributed by atoms with Crippen LogP contribution in [0.3, 0.4) is 0 Å². The lowest BCUT2D eigenvalue weighted by Gasteiger charge is -2.57. The molecule has 1 N–H and O–H groups in total. The van der Waals surface area contributed by atoms with Crippen LogP contribution in [0.25, 0.3) is 0 Å². The Morgan fingerprint density at radius 1 is 1.12 bits per heavy atom. The van der Waals surface area contributed by atoms with Crippen LogP contribution in [0, 0.1) is 28.6 Å². The fourth-order valence-electron chi connectivity index (χ4n) is 6.81. The first-order valence-electron chi connectivity index (χ1n) is 9.52. The van der Waals surface area contributed by atoms with Crippen molar-refractivity contribution < 1.29 is 21.9 Å². The maximum atomic E-state index is 11.9. The van der Waals surface area contributed by atoms with Gasteiger partial charge in [-0.2, -0.15) is 8.42 Å². The Balaban J connectivity index is 1.68. The van der Waals surface area contributed by atoms with Crippen LogP contribution in [-0.4, -0.2) is 24.9 Å². The van der Waals surface area contributed by atoms with Gasteiger partial charge < -0.3 is 0 Å². The number of carbonyl (C=O) groups excluding carboxylic acids is 1. The molecule has 0 aromatic carbocycles. The van der Waals surface area contributed by atoms with Crippen LogP contribution in [0.1, 0.15) is 65.2 Å². The molecule has 0 aromatic rings. The second-order valence-electron chi connectivity index (χ2n) is 9.18. The lowest BCUT2D eigenvalue weighted by Crippen LogP contribution is -2.51. The van der Waals surface area contributed by atoms with Gasteiger partial charge >= 0.3 is 10.4 Å². The Morgan fingerprint density at radius 2 is 1.84 bits per heavy atom. The zero-order chi connectivity index (χ0) is 18.0. The maximum absolute atomic E-state index is 11.9. The molecule has 0 bridgehead atoms. The van der Waals surface area contributed by atoms with E-state index in [9.17, 15) is 17.8 Å². The van der Waals surface area contributed by atoms with Gasteiger partial charge in [-0.15, -0.1) is 0 Å². The lowest BCUT2D eigenvalue weighted by molar-refractivity contribution is -0.118. The van der Waals surface area contributed by atoms with Gasteiger partial charge in [-0.3, -0.25) is 9.35 Å². The second-order valence-corrected chi connectivity index (χ2v) is 10.2. The molecule has 6 heteroatoms. The molecular weight excluding hydrogens is 340 g/mol. The maximum Gasteiger partial charge on any atom is 0.397 e. The first kappa shape index (κ1) is 17.7. The SMILES string of the molecule is C[C@@]12CCC(OS(=O)(=O)O)[C@H]1[C@@H]1CCC3=CC(=O)CC[C@]3(C)[C@H]1CC2. The zero-order valence-electron chi connectivity index (χ0n) is 15.0. The monoisotopic (exact) mass is 368 g/mol. The molecule has 4 aliphatic rings. The minimum absolute atomic E-state index is 0.0589. The highest BCUT2D eigenvalue weighted by molar-refractivity contribution is 7.80. The van der Waals surface area contributed by atoms with E-state index < -0.39 is 16.5 Å². The van der Waals surface area contributed by atoms with Crippen molar-refractivity contribution >= 4 is 16.2 Å². The molecule has 4 rings (SSSR count). The van der Waals surface area contributed by atoms with Gasteiger partial charge in [0.05, 0.1) is 6.10 Å². The van der Waals surface area contributed by atoms with Gasteiger partial charge in [0.2, 0.25) is 0 Å². The molecule has 6 atom stereocenters. The number of hydrogen-bond acceptors (Lipinski definition) is 4. The molecule has 0 aliphatic heterocycles. The summed E-state index contributed by atoms with van der Waals surface area (Å²) in [5.74, 6) is 1.30. The van der Waals surface area contributed by atoms with E-state index in [4.69, 9.17) is 4.18 Å². The third-order valence-corrected chi connectivity index (χ3v) is 8.47. The summed E-state index contributed by atoms with van der Waals surface area (Å²) in [5, 5.41) is 0. The van der Waals surface area contributed by atoms with E-state index in [1.807, 2.05) is 6.08 Å². The van der Waals surface area contributed by atoms with Crippen molar-refractivity contribution in [3.05, 3.63) is 11.6 Å². The molecule has 140 valence electrons. The molecule has 0 heterocycles. The molecule has 0 aromatic heterocycles. The average Bonchev–Trinajstić information content (AvgIpc) is 2.83. The van der Waals surface area contributed by atoms with Crippen molar-refractivity contribution in [2.45, 2.75) is 71.3 Å². The lowest BCUT2D eigenvalue weighted by atomic mass is 9.47. The predicted octanol–water partition coefficient (Wildman–Crippen LogP) is 3.71. The normalized spacial score (nSPS) is 46.8. The number of allylic oxidation sites excluding steroid dienone is 1. The summed E-state index contributed by atoms with van der Waals surface area (Å²) < 4.78 is 37.0. The van der Waals surface area contributed by atoms with Crippen molar-refractivity contribution in [2.24, 2.45) is 28.6 Å². The minimum atomic E-state index is -4.42. The molecule has 1 unspecified atom stereocenters. The Kier molecular flexibility index (Phi) is 3.99. The molecule has 5 nitrogen and oxygen atoms in total. The topological polar surface area (TPSA) is 80.7 Å². The Morgan fingerprint density at radius 3 is 2.56 bits per heavy atom. The number of carbonyl (C=O) groups is 1. The van der Waals surface area contributed by atoms with Crippen molar-refractivity contribution in [1.82, 2.24) is 0 Å². The summed E-state index contributed by atoms with van der Waals surface area (Å²) in [6.07, 6.45) is 8.78. The van der Waals surface area contributed by atoms with Gasteiger partial charge in [0.25, 0.3) is 0 Å². The molecule has 3 fully saturated rings. The van der Waals surface area contributed by atoms with Crippen LogP contribution < -0.4 is 0 Å². The summed E-state index contributed by atoms with van der Waals surface area (Å²) >= 11 is 0. The Hall–Kier alpha value is -0.720. The summed E-state index contributed by atoms with van der Waals surface area (Å²) in [6, 6.07) is 0. The van der Waals surface area contributed by atoms with Gasteiger partial charge in [-0.1, -0.05) is 19.4 Å². The van der Waals surface area contributed by atoms with Crippen LogP contribution >= 0.6 is 0 Å². The van der Waals surface area contributed by atoms with E-state index in [-0.39, 0.29) is 22.5 Å². The minimum Gasteiger partial charge on any atom is -0.295 e. The molecule has 0 saturated heterocycles. The quantitative estimate of drug-likeness (QED) is 0.752. The van der Waals surface area contributed by atoms with E-state index in [0.717, 1.165) is 38.5 Å². The van der Waals surface area contributed by atoms with E-state index in [1.54, 1.807) is 0 Å². The molecule has 25 heavy (non-hydrogen) atoms. The number of fused-ring (bicyclic) bond motifs is 5. The van der Waals surface area contributed by atoms with Crippen molar-refractivity contribution in [3.63, 3.8) is 0 Å². The van der Waals surface area contributed by atoms with Gasteiger partial charge in [-0.05, 0) is 79.6 Å². The van der Waals surface area contributed by atoms with Crippen LogP contribution in [0.15, 0.2) is 11.6 Å². The average molecular weight is 368 g/mol. The molecule has 0 spiro atoms. The van der Waals surface area contributed by atoms with Gasteiger partial charge in [0.15, 0.2) is 5.78 Å². The van der Waals surface area contributed by atoms with Crippen LogP contribution in [0.4, 0.5) is 0 Å². The molecule has 4 aliphatic carbocycles. The summed E-state index contributed by atoms with van der Waals surface area (Å²) in [5.41, 5.74) is 1.46. The highest BCUT2D eigenvalue weighted by Crippen LogP contribution is 2.65. The van der Waals surface area contributed by atoms with Gasteiger partial charge in [-0.25, -0.2) is 4.18 Å². The summed E-state index contributed by atoms with van der Waals surface area (Å²) in [6.45, 7) is 4.57. The fourth-order valence-corrected chi connectivity index (χ4v) is 7.34. The fraction of sp³-hybridized carbons (Fsp3) is 0.842. The van der Waals surface area contributed by atoms with Gasteiger partial charge in [0, 0.05) is 6.42 Å². The second kappa shape index (κ2) is 5.64. The van der Waals surface area contributed by atoms with Gasteiger partial charge in [0.1, 0.15) is 0 Å². The van der Waals surface area contributed by atoms with Crippen molar-refractivity contribution in [2.75, 3.05) is 0 Å². The predicted molar refractivity (Wildman–Crippen MR) is 93.1 cm³/mol. The zero-order valence-corrected chi connectivity index (χ0v) is 15.8. The molecule has 3 saturated carbocycles. The summed E-state index contributed by atoms with van der Waals surface area (Å²) in [7, 11) is -4.42. The van der Waals surface area contributed by atoms with E-state index in [1.165, 1.54) is 5.57 Å². The first-order valence-corrected chi connectivity index (χ1v) is 10.9.